The molecule has 2 heteroatoms. The molecule has 1 unspecified atom stereocenters. The van der Waals surface area contributed by atoms with E-state index in [9.17, 15) is 0 Å². The number of methoxy groups -OCH3 is 1. The highest BCUT2D eigenvalue weighted by Gasteiger charge is 2.32. The molecule has 1 aromatic rings. The molecule has 2 aliphatic rings. The number of likely N-dealkylation sites (N-methyl/N-ethyl adjacent to an activating group) is 1. The predicted octanol–water partition coefficient (Wildman–Crippen LogP) is 3.80. The Morgan fingerprint density at radius 1 is 1.16 bits per heavy atom. The molecule has 1 aliphatic carbocycles. The van der Waals surface area contributed by atoms with Crippen LogP contribution in [-0.2, 0) is 6.42 Å². The maximum absolute atomic E-state index is 5.43. The van der Waals surface area contributed by atoms with E-state index < -0.39 is 0 Å². The molecular weight excluding hydrogens is 234 g/mol. The van der Waals surface area contributed by atoms with Gasteiger partial charge in [-0.15, -0.1) is 0 Å². The van der Waals surface area contributed by atoms with Crippen molar-refractivity contribution in [2.45, 2.75) is 44.6 Å². The standard InChI is InChI=1S/C17H25NO/c1-18-11-10-13-8-9-15(19-2)12-16(13)17(18)14-6-4-3-5-7-14/h8-9,12,14,17H,3-7,10-11H2,1-2H3. The van der Waals surface area contributed by atoms with Crippen molar-refractivity contribution in [3.63, 3.8) is 0 Å². The highest BCUT2D eigenvalue weighted by atomic mass is 16.5. The molecule has 0 N–H and O–H groups in total. The molecule has 0 bridgehead atoms. The van der Waals surface area contributed by atoms with Crippen molar-refractivity contribution in [1.29, 1.82) is 0 Å². The lowest BCUT2D eigenvalue weighted by atomic mass is 9.77. The van der Waals surface area contributed by atoms with Gasteiger partial charge in [0.05, 0.1) is 7.11 Å². The van der Waals surface area contributed by atoms with E-state index in [0.717, 1.165) is 11.7 Å². The summed E-state index contributed by atoms with van der Waals surface area (Å²) in [5.41, 5.74) is 3.06. The minimum absolute atomic E-state index is 0.610. The average Bonchev–Trinajstić information content (AvgIpc) is 2.47. The SMILES string of the molecule is COc1ccc2c(c1)C(C1CCCCC1)N(C)CC2. The number of benzene rings is 1. The molecule has 1 aliphatic heterocycles. The monoisotopic (exact) mass is 259 g/mol. The van der Waals surface area contributed by atoms with Gasteiger partial charge in [-0.3, -0.25) is 4.90 Å². The van der Waals surface area contributed by atoms with Crippen LogP contribution in [0.25, 0.3) is 0 Å². The topological polar surface area (TPSA) is 12.5 Å². The smallest absolute Gasteiger partial charge is 0.119 e. The Balaban J connectivity index is 1.94. The Kier molecular flexibility index (Phi) is 3.79. The molecule has 1 fully saturated rings. The molecule has 1 atom stereocenters. The molecule has 1 aromatic carbocycles. The van der Waals surface area contributed by atoms with Crippen LogP contribution >= 0.6 is 0 Å². The summed E-state index contributed by atoms with van der Waals surface area (Å²) in [6, 6.07) is 7.28. The maximum atomic E-state index is 5.43. The second-order valence-corrected chi connectivity index (χ2v) is 6.14. The second kappa shape index (κ2) is 5.54. The lowest BCUT2D eigenvalue weighted by Crippen LogP contribution is -2.37. The lowest BCUT2D eigenvalue weighted by molar-refractivity contribution is 0.134. The van der Waals surface area contributed by atoms with E-state index >= 15 is 0 Å². The molecule has 0 spiro atoms. The van der Waals surface area contributed by atoms with Gasteiger partial charge in [0.2, 0.25) is 0 Å². The van der Waals surface area contributed by atoms with Crippen LogP contribution in [0.3, 0.4) is 0 Å². The van der Waals surface area contributed by atoms with E-state index in [4.69, 9.17) is 4.74 Å². The number of nitrogens with zero attached hydrogens (tertiary/aromatic N) is 1. The molecule has 1 heterocycles. The van der Waals surface area contributed by atoms with Crippen molar-refractivity contribution in [2.75, 3.05) is 20.7 Å². The molecule has 1 saturated carbocycles. The van der Waals surface area contributed by atoms with Gasteiger partial charge < -0.3 is 4.74 Å². The summed E-state index contributed by atoms with van der Waals surface area (Å²) in [6.45, 7) is 1.19. The van der Waals surface area contributed by atoms with E-state index in [2.05, 4.69) is 30.1 Å². The summed E-state index contributed by atoms with van der Waals surface area (Å²) in [6.07, 6.45) is 8.22. The third-order valence-corrected chi connectivity index (χ3v) is 4.98. The second-order valence-electron chi connectivity index (χ2n) is 6.14. The number of hydrogen-bond acceptors (Lipinski definition) is 2. The van der Waals surface area contributed by atoms with Crippen LogP contribution in [0.2, 0.25) is 0 Å². The fourth-order valence-corrected chi connectivity index (χ4v) is 3.94. The molecule has 0 aromatic heterocycles. The van der Waals surface area contributed by atoms with Crippen molar-refractivity contribution in [3.05, 3.63) is 29.3 Å². The van der Waals surface area contributed by atoms with E-state index in [1.165, 1.54) is 56.2 Å². The highest BCUT2D eigenvalue weighted by Crippen LogP contribution is 2.42. The van der Waals surface area contributed by atoms with Gasteiger partial charge in [-0.1, -0.05) is 25.3 Å². The first-order valence-corrected chi connectivity index (χ1v) is 7.66. The van der Waals surface area contributed by atoms with Crippen LogP contribution in [0.1, 0.15) is 49.3 Å². The van der Waals surface area contributed by atoms with Crippen molar-refractivity contribution in [1.82, 2.24) is 4.90 Å². The first-order valence-electron chi connectivity index (χ1n) is 7.66. The van der Waals surface area contributed by atoms with Crippen LogP contribution in [0.15, 0.2) is 18.2 Å². The Bertz CT molecular complexity index is 437. The molecule has 0 amide bonds. The third-order valence-electron chi connectivity index (χ3n) is 4.98. The quantitative estimate of drug-likeness (QED) is 0.801. The van der Waals surface area contributed by atoms with Gasteiger partial charge in [0.1, 0.15) is 5.75 Å². The maximum Gasteiger partial charge on any atom is 0.119 e. The zero-order valence-electron chi connectivity index (χ0n) is 12.2. The van der Waals surface area contributed by atoms with Crippen LogP contribution in [-0.4, -0.2) is 25.6 Å². The van der Waals surface area contributed by atoms with E-state index in [0.29, 0.717) is 6.04 Å². The lowest BCUT2D eigenvalue weighted by Gasteiger charge is -2.41. The summed E-state index contributed by atoms with van der Waals surface area (Å²) in [7, 11) is 4.06. The number of rotatable bonds is 2. The Hall–Kier alpha value is -1.02. The van der Waals surface area contributed by atoms with Gasteiger partial charge >= 0.3 is 0 Å². The zero-order valence-corrected chi connectivity index (χ0v) is 12.2. The summed E-state index contributed by atoms with van der Waals surface area (Å²) >= 11 is 0. The summed E-state index contributed by atoms with van der Waals surface area (Å²) in [5.74, 6) is 1.85. The minimum Gasteiger partial charge on any atom is -0.497 e. The fraction of sp³-hybridized carbons (Fsp3) is 0.647. The average molecular weight is 259 g/mol. The Morgan fingerprint density at radius 3 is 2.68 bits per heavy atom. The molecule has 2 nitrogen and oxygen atoms in total. The molecule has 0 radical (unpaired) electrons. The summed E-state index contributed by atoms with van der Waals surface area (Å²) in [4.78, 5) is 2.57. The van der Waals surface area contributed by atoms with Crippen LogP contribution in [0.4, 0.5) is 0 Å². The van der Waals surface area contributed by atoms with Gasteiger partial charge in [0.15, 0.2) is 0 Å². The number of fused-ring (bicyclic) bond motifs is 1. The van der Waals surface area contributed by atoms with Gasteiger partial charge in [0.25, 0.3) is 0 Å². The first-order chi connectivity index (χ1) is 9.29. The van der Waals surface area contributed by atoms with Gasteiger partial charge in [-0.2, -0.15) is 0 Å². The molecule has 3 rings (SSSR count). The van der Waals surface area contributed by atoms with Gasteiger partial charge in [-0.05, 0) is 55.5 Å². The number of hydrogen-bond donors (Lipinski definition) is 0. The summed E-state index contributed by atoms with van der Waals surface area (Å²) in [5, 5.41) is 0. The van der Waals surface area contributed by atoms with Crippen LogP contribution in [0.5, 0.6) is 5.75 Å². The van der Waals surface area contributed by atoms with E-state index in [1.807, 2.05) is 0 Å². The summed E-state index contributed by atoms with van der Waals surface area (Å²) < 4.78 is 5.43. The third kappa shape index (κ3) is 2.51. The highest BCUT2D eigenvalue weighted by molar-refractivity contribution is 5.39. The fourth-order valence-electron chi connectivity index (χ4n) is 3.94. The normalized spacial score (nSPS) is 25.1. The van der Waals surface area contributed by atoms with E-state index in [1.54, 1.807) is 7.11 Å². The largest absolute Gasteiger partial charge is 0.497 e. The first kappa shape index (κ1) is 13.0. The molecule has 0 saturated heterocycles. The van der Waals surface area contributed by atoms with Crippen molar-refractivity contribution in [3.8, 4) is 5.75 Å². The minimum atomic E-state index is 0.610. The Labute approximate surface area is 116 Å². The predicted molar refractivity (Wildman–Crippen MR) is 78.6 cm³/mol. The van der Waals surface area contributed by atoms with Crippen molar-refractivity contribution >= 4 is 0 Å². The van der Waals surface area contributed by atoms with E-state index in [-0.39, 0.29) is 0 Å². The molecular formula is C17H25NO. The van der Waals surface area contributed by atoms with Crippen LogP contribution in [0, 0.1) is 5.92 Å². The van der Waals surface area contributed by atoms with Crippen molar-refractivity contribution < 1.29 is 4.74 Å². The molecule has 19 heavy (non-hydrogen) atoms. The van der Waals surface area contributed by atoms with Crippen LogP contribution < -0.4 is 4.74 Å². The molecule has 104 valence electrons. The zero-order chi connectivity index (χ0) is 13.2. The van der Waals surface area contributed by atoms with Gasteiger partial charge in [0, 0.05) is 12.6 Å². The van der Waals surface area contributed by atoms with Crippen molar-refractivity contribution in [2.24, 2.45) is 5.92 Å². The van der Waals surface area contributed by atoms with Gasteiger partial charge in [-0.25, -0.2) is 0 Å². The number of ether oxygens (including phenoxy) is 1. The Morgan fingerprint density at radius 2 is 1.95 bits per heavy atom.